The number of alkyl halides is 1. The third-order valence-corrected chi connectivity index (χ3v) is 3.31. The molecule has 100 valence electrons. The number of aryl methyl sites for hydroxylation is 1. The van der Waals surface area contributed by atoms with Crippen LogP contribution in [-0.4, -0.2) is 17.9 Å². The van der Waals surface area contributed by atoms with E-state index in [1.54, 1.807) is 0 Å². The zero-order valence-corrected chi connectivity index (χ0v) is 12.3. The Kier molecular flexibility index (Phi) is 8.57. The number of halogens is 1. The highest BCUT2D eigenvalue weighted by molar-refractivity contribution is 9.09. The van der Waals surface area contributed by atoms with Crippen LogP contribution in [0.1, 0.15) is 37.7 Å². The molecule has 0 aliphatic rings. The summed E-state index contributed by atoms with van der Waals surface area (Å²) in [4.78, 5) is 11.5. The number of esters is 1. The van der Waals surface area contributed by atoms with Gasteiger partial charge in [-0.2, -0.15) is 0 Å². The van der Waals surface area contributed by atoms with Crippen molar-refractivity contribution in [3.8, 4) is 0 Å². The standard InChI is InChI=1S/C15H21BrO2/c16-12-6-1-2-7-13-18-15(17)11-10-14-8-4-3-5-9-14/h3-5,8-9H,1-2,6-7,10-13H2. The first-order valence-corrected chi connectivity index (χ1v) is 7.70. The molecule has 0 N–H and O–H groups in total. The summed E-state index contributed by atoms with van der Waals surface area (Å²) >= 11 is 3.40. The zero-order valence-electron chi connectivity index (χ0n) is 10.7. The number of hydrogen-bond acceptors (Lipinski definition) is 2. The summed E-state index contributed by atoms with van der Waals surface area (Å²) in [6, 6.07) is 10.0. The largest absolute Gasteiger partial charge is 0.466 e. The van der Waals surface area contributed by atoms with E-state index in [1.807, 2.05) is 30.3 Å². The molecule has 1 aromatic carbocycles. The van der Waals surface area contributed by atoms with Gasteiger partial charge in [0.25, 0.3) is 0 Å². The van der Waals surface area contributed by atoms with Crippen molar-refractivity contribution in [2.24, 2.45) is 0 Å². The predicted molar refractivity (Wildman–Crippen MR) is 78.0 cm³/mol. The minimum absolute atomic E-state index is 0.0839. The third-order valence-electron chi connectivity index (χ3n) is 2.75. The van der Waals surface area contributed by atoms with Gasteiger partial charge in [-0.1, -0.05) is 59.1 Å². The molecule has 0 spiro atoms. The van der Waals surface area contributed by atoms with E-state index in [9.17, 15) is 4.79 Å². The van der Waals surface area contributed by atoms with Crippen LogP contribution in [0.25, 0.3) is 0 Å². The highest BCUT2D eigenvalue weighted by Gasteiger charge is 2.03. The van der Waals surface area contributed by atoms with Gasteiger partial charge >= 0.3 is 5.97 Å². The first-order chi connectivity index (χ1) is 8.83. The van der Waals surface area contributed by atoms with Crippen molar-refractivity contribution in [3.05, 3.63) is 35.9 Å². The highest BCUT2D eigenvalue weighted by Crippen LogP contribution is 2.05. The lowest BCUT2D eigenvalue weighted by Crippen LogP contribution is -2.07. The maximum Gasteiger partial charge on any atom is 0.306 e. The van der Waals surface area contributed by atoms with Crippen LogP contribution in [0.4, 0.5) is 0 Å². The minimum Gasteiger partial charge on any atom is -0.466 e. The van der Waals surface area contributed by atoms with Crippen LogP contribution in [0.3, 0.4) is 0 Å². The monoisotopic (exact) mass is 312 g/mol. The van der Waals surface area contributed by atoms with Gasteiger partial charge in [-0.25, -0.2) is 0 Å². The van der Waals surface area contributed by atoms with E-state index in [0.29, 0.717) is 13.0 Å². The molecule has 0 saturated heterocycles. The van der Waals surface area contributed by atoms with Crippen molar-refractivity contribution < 1.29 is 9.53 Å². The molecule has 0 radical (unpaired) electrons. The molecule has 1 aromatic rings. The highest BCUT2D eigenvalue weighted by atomic mass is 79.9. The Morgan fingerprint density at radius 1 is 1.06 bits per heavy atom. The quantitative estimate of drug-likeness (QED) is 0.389. The Morgan fingerprint density at radius 2 is 1.78 bits per heavy atom. The fraction of sp³-hybridized carbons (Fsp3) is 0.533. The summed E-state index contributed by atoms with van der Waals surface area (Å²) in [6.45, 7) is 0.565. The van der Waals surface area contributed by atoms with Crippen LogP contribution in [-0.2, 0) is 16.0 Å². The third kappa shape index (κ3) is 7.49. The van der Waals surface area contributed by atoms with E-state index in [0.717, 1.165) is 24.6 Å². The Balaban J connectivity index is 2.01. The Bertz CT molecular complexity index is 325. The second kappa shape index (κ2) is 10.1. The van der Waals surface area contributed by atoms with Gasteiger partial charge in [0.1, 0.15) is 0 Å². The van der Waals surface area contributed by atoms with Crippen LogP contribution in [0.5, 0.6) is 0 Å². The van der Waals surface area contributed by atoms with Gasteiger partial charge in [0.2, 0.25) is 0 Å². The first-order valence-electron chi connectivity index (χ1n) is 6.58. The van der Waals surface area contributed by atoms with E-state index in [-0.39, 0.29) is 5.97 Å². The van der Waals surface area contributed by atoms with E-state index in [2.05, 4.69) is 15.9 Å². The van der Waals surface area contributed by atoms with Crippen LogP contribution in [0.2, 0.25) is 0 Å². The number of carbonyl (C=O) groups excluding carboxylic acids is 1. The predicted octanol–water partition coefficient (Wildman–Crippen LogP) is 4.12. The molecule has 2 nitrogen and oxygen atoms in total. The average Bonchev–Trinajstić information content (AvgIpc) is 2.41. The fourth-order valence-corrected chi connectivity index (χ4v) is 2.10. The lowest BCUT2D eigenvalue weighted by molar-refractivity contribution is -0.143. The molecule has 18 heavy (non-hydrogen) atoms. The normalized spacial score (nSPS) is 10.3. The van der Waals surface area contributed by atoms with Crippen LogP contribution < -0.4 is 0 Å². The second-order valence-corrected chi connectivity index (χ2v) is 5.10. The molecule has 0 unspecified atom stereocenters. The van der Waals surface area contributed by atoms with Crippen LogP contribution in [0.15, 0.2) is 30.3 Å². The summed E-state index contributed by atoms with van der Waals surface area (Å²) in [5, 5.41) is 1.06. The van der Waals surface area contributed by atoms with Crippen LogP contribution >= 0.6 is 15.9 Å². The van der Waals surface area contributed by atoms with E-state index >= 15 is 0 Å². The summed E-state index contributed by atoms with van der Waals surface area (Å²) < 4.78 is 5.19. The first kappa shape index (κ1) is 15.2. The molecule has 0 bridgehead atoms. The molecular weight excluding hydrogens is 292 g/mol. The smallest absolute Gasteiger partial charge is 0.306 e. The van der Waals surface area contributed by atoms with Crippen molar-refractivity contribution in [1.82, 2.24) is 0 Å². The molecule has 0 atom stereocenters. The van der Waals surface area contributed by atoms with Gasteiger partial charge in [0.15, 0.2) is 0 Å². The zero-order chi connectivity index (χ0) is 13.1. The number of hydrogen-bond donors (Lipinski definition) is 0. The Morgan fingerprint density at radius 3 is 2.50 bits per heavy atom. The molecule has 0 aliphatic heterocycles. The summed E-state index contributed by atoms with van der Waals surface area (Å²) in [6.07, 6.45) is 5.76. The molecule has 3 heteroatoms. The van der Waals surface area contributed by atoms with Gasteiger partial charge in [-0.05, 0) is 24.8 Å². The number of unbranched alkanes of at least 4 members (excludes halogenated alkanes) is 3. The van der Waals surface area contributed by atoms with Crippen molar-refractivity contribution in [1.29, 1.82) is 0 Å². The lowest BCUT2D eigenvalue weighted by atomic mass is 10.1. The van der Waals surface area contributed by atoms with Crippen molar-refractivity contribution in [2.75, 3.05) is 11.9 Å². The maximum atomic E-state index is 11.5. The average molecular weight is 313 g/mol. The van der Waals surface area contributed by atoms with E-state index in [4.69, 9.17) is 4.74 Å². The summed E-state index contributed by atoms with van der Waals surface area (Å²) in [7, 11) is 0. The number of benzene rings is 1. The van der Waals surface area contributed by atoms with Gasteiger partial charge in [0.05, 0.1) is 6.61 Å². The summed E-state index contributed by atoms with van der Waals surface area (Å²) in [5.41, 5.74) is 1.19. The molecule has 0 amide bonds. The Labute approximate surface area is 118 Å². The molecule has 0 saturated carbocycles. The van der Waals surface area contributed by atoms with E-state index in [1.165, 1.54) is 18.4 Å². The Hall–Kier alpha value is -0.830. The minimum atomic E-state index is -0.0839. The lowest BCUT2D eigenvalue weighted by Gasteiger charge is -2.04. The van der Waals surface area contributed by atoms with Crippen molar-refractivity contribution >= 4 is 21.9 Å². The molecular formula is C15H21BrO2. The molecule has 0 fully saturated rings. The van der Waals surface area contributed by atoms with Gasteiger partial charge in [0, 0.05) is 11.8 Å². The molecule has 1 rings (SSSR count). The number of carbonyl (C=O) groups is 1. The van der Waals surface area contributed by atoms with E-state index < -0.39 is 0 Å². The number of ether oxygens (including phenoxy) is 1. The second-order valence-electron chi connectivity index (χ2n) is 4.31. The van der Waals surface area contributed by atoms with Crippen molar-refractivity contribution in [2.45, 2.75) is 38.5 Å². The number of rotatable bonds is 9. The van der Waals surface area contributed by atoms with Gasteiger partial charge in [-0.15, -0.1) is 0 Å². The van der Waals surface area contributed by atoms with Gasteiger partial charge in [-0.3, -0.25) is 4.79 Å². The van der Waals surface area contributed by atoms with Crippen LogP contribution in [0, 0.1) is 0 Å². The molecule has 0 aliphatic carbocycles. The van der Waals surface area contributed by atoms with Crippen molar-refractivity contribution in [3.63, 3.8) is 0 Å². The fourth-order valence-electron chi connectivity index (χ4n) is 1.70. The molecule has 0 heterocycles. The van der Waals surface area contributed by atoms with Gasteiger partial charge < -0.3 is 4.74 Å². The maximum absolute atomic E-state index is 11.5. The summed E-state index contributed by atoms with van der Waals surface area (Å²) in [5.74, 6) is -0.0839. The molecule has 0 aromatic heterocycles. The SMILES string of the molecule is O=C(CCc1ccccc1)OCCCCCCBr. The topological polar surface area (TPSA) is 26.3 Å².